The lowest BCUT2D eigenvalue weighted by molar-refractivity contribution is 0.0285. The van der Waals surface area contributed by atoms with Crippen molar-refractivity contribution in [2.75, 3.05) is 39.2 Å². The minimum absolute atomic E-state index is 0.192. The van der Waals surface area contributed by atoms with Crippen LogP contribution in [0.2, 0.25) is 5.02 Å². The first-order chi connectivity index (χ1) is 9.62. The summed E-state index contributed by atoms with van der Waals surface area (Å²) in [7, 11) is 3.14. The van der Waals surface area contributed by atoms with E-state index in [0.29, 0.717) is 24.0 Å². The molecule has 1 aromatic rings. The average molecular weight is 302 g/mol. The minimum Gasteiger partial charge on any atom is -0.382 e. The van der Waals surface area contributed by atoms with Gasteiger partial charge in [-0.3, -0.25) is 4.79 Å². The molecule has 1 heterocycles. The molecular weight excluding hydrogens is 282 g/mol. The van der Waals surface area contributed by atoms with E-state index >= 15 is 0 Å². The molecule has 112 valence electrons. The molecule has 1 rings (SSSR count). The van der Waals surface area contributed by atoms with Crippen molar-refractivity contribution in [3.8, 4) is 0 Å². The van der Waals surface area contributed by atoms with Gasteiger partial charge in [0, 0.05) is 27.3 Å². The molecule has 0 aromatic carbocycles. The van der Waals surface area contributed by atoms with Crippen LogP contribution in [-0.2, 0) is 9.47 Å². The second kappa shape index (κ2) is 8.73. The Hall–Kier alpha value is -1.37. The lowest BCUT2D eigenvalue weighted by Gasteiger charge is -2.15. The van der Waals surface area contributed by atoms with Gasteiger partial charge in [0.15, 0.2) is 0 Å². The minimum atomic E-state index is -0.340. The Balaban J connectivity index is 2.68. The number of pyridine rings is 1. The van der Waals surface area contributed by atoms with Gasteiger partial charge in [0.05, 0.1) is 17.7 Å². The van der Waals surface area contributed by atoms with Gasteiger partial charge in [-0.2, -0.15) is 0 Å². The number of ether oxygens (including phenoxy) is 2. The van der Waals surface area contributed by atoms with Crippen LogP contribution >= 0.6 is 11.6 Å². The monoisotopic (exact) mass is 301 g/mol. The molecular formula is C13H20ClN3O3. The van der Waals surface area contributed by atoms with Crippen molar-refractivity contribution in [3.63, 3.8) is 0 Å². The topological polar surface area (TPSA) is 72.5 Å². The highest BCUT2D eigenvalue weighted by Crippen LogP contribution is 2.16. The summed E-state index contributed by atoms with van der Waals surface area (Å²) in [5.74, 6) is 0.273. The van der Waals surface area contributed by atoms with E-state index in [1.54, 1.807) is 26.4 Å². The van der Waals surface area contributed by atoms with Gasteiger partial charge in [-0.05, 0) is 19.1 Å². The highest BCUT2D eigenvalue weighted by atomic mass is 35.5. The first kappa shape index (κ1) is 16.7. The van der Waals surface area contributed by atoms with Crippen molar-refractivity contribution in [2.45, 2.75) is 13.0 Å². The molecule has 0 aliphatic carbocycles. The van der Waals surface area contributed by atoms with Gasteiger partial charge in [0.2, 0.25) is 0 Å². The molecule has 1 unspecified atom stereocenters. The Bertz CT molecular complexity index is 443. The second-order valence-electron chi connectivity index (χ2n) is 4.08. The molecule has 6 nitrogen and oxygen atoms in total. The third-order valence-electron chi connectivity index (χ3n) is 2.60. The molecule has 1 atom stereocenters. The fourth-order valence-electron chi connectivity index (χ4n) is 1.57. The molecule has 1 amide bonds. The maximum absolute atomic E-state index is 12.1. The average Bonchev–Trinajstić information content (AvgIpc) is 2.45. The van der Waals surface area contributed by atoms with E-state index in [-0.39, 0.29) is 17.7 Å². The molecule has 0 saturated carbocycles. The number of carbonyl (C=O) groups is 1. The molecule has 0 fully saturated rings. The van der Waals surface area contributed by atoms with E-state index in [2.05, 4.69) is 15.6 Å². The van der Waals surface area contributed by atoms with Crippen LogP contribution in [0.3, 0.4) is 0 Å². The van der Waals surface area contributed by atoms with Crippen molar-refractivity contribution in [1.82, 2.24) is 10.3 Å². The van der Waals surface area contributed by atoms with E-state index in [0.717, 1.165) is 6.54 Å². The highest BCUT2D eigenvalue weighted by molar-refractivity contribution is 6.33. The SMILES string of the molecule is CCNc1ccc(Cl)c(C(=O)NCC(COC)OC)n1. The summed E-state index contributed by atoms with van der Waals surface area (Å²) in [4.78, 5) is 16.2. The van der Waals surface area contributed by atoms with Crippen LogP contribution in [0.5, 0.6) is 0 Å². The lowest BCUT2D eigenvalue weighted by atomic mass is 10.3. The quantitative estimate of drug-likeness (QED) is 0.762. The molecule has 0 saturated heterocycles. The molecule has 7 heteroatoms. The number of rotatable bonds is 8. The number of aromatic nitrogens is 1. The molecule has 0 aliphatic rings. The lowest BCUT2D eigenvalue weighted by Crippen LogP contribution is -2.36. The highest BCUT2D eigenvalue weighted by Gasteiger charge is 2.15. The first-order valence-electron chi connectivity index (χ1n) is 6.32. The Labute approximate surface area is 123 Å². The van der Waals surface area contributed by atoms with E-state index in [9.17, 15) is 4.79 Å². The molecule has 0 spiro atoms. The number of anilines is 1. The van der Waals surface area contributed by atoms with E-state index < -0.39 is 0 Å². The van der Waals surface area contributed by atoms with Gasteiger partial charge in [0.25, 0.3) is 5.91 Å². The number of hydrogen-bond acceptors (Lipinski definition) is 5. The van der Waals surface area contributed by atoms with Crippen molar-refractivity contribution in [1.29, 1.82) is 0 Å². The van der Waals surface area contributed by atoms with Crippen LogP contribution in [-0.4, -0.2) is 50.9 Å². The number of nitrogens with one attached hydrogen (secondary N) is 2. The summed E-state index contributed by atoms with van der Waals surface area (Å²) < 4.78 is 10.1. The molecule has 0 aliphatic heterocycles. The summed E-state index contributed by atoms with van der Waals surface area (Å²) in [6.45, 7) is 3.39. The van der Waals surface area contributed by atoms with E-state index in [1.165, 1.54) is 0 Å². The molecule has 0 bridgehead atoms. The first-order valence-corrected chi connectivity index (χ1v) is 6.70. The molecule has 0 radical (unpaired) electrons. The Morgan fingerprint density at radius 1 is 1.45 bits per heavy atom. The van der Waals surface area contributed by atoms with Gasteiger partial charge in [-0.1, -0.05) is 11.6 Å². The van der Waals surface area contributed by atoms with Gasteiger partial charge < -0.3 is 20.1 Å². The molecule has 1 aromatic heterocycles. The van der Waals surface area contributed by atoms with Crippen molar-refractivity contribution in [2.24, 2.45) is 0 Å². The predicted molar refractivity (Wildman–Crippen MR) is 78.4 cm³/mol. The van der Waals surface area contributed by atoms with Gasteiger partial charge in [0.1, 0.15) is 11.5 Å². The normalized spacial score (nSPS) is 12.0. The van der Waals surface area contributed by atoms with Crippen molar-refractivity contribution in [3.05, 3.63) is 22.8 Å². The summed E-state index contributed by atoms with van der Waals surface area (Å²) in [5.41, 5.74) is 0.192. The van der Waals surface area contributed by atoms with Crippen LogP contribution in [0, 0.1) is 0 Å². The summed E-state index contributed by atoms with van der Waals surface area (Å²) in [6.07, 6.45) is -0.209. The number of halogens is 1. The maximum Gasteiger partial charge on any atom is 0.271 e. The van der Waals surface area contributed by atoms with Crippen LogP contribution < -0.4 is 10.6 Å². The van der Waals surface area contributed by atoms with Gasteiger partial charge in [-0.15, -0.1) is 0 Å². The summed E-state index contributed by atoms with van der Waals surface area (Å²) in [5, 5.41) is 6.07. The summed E-state index contributed by atoms with van der Waals surface area (Å²) in [6, 6.07) is 3.37. The van der Waals surface area contributed by atoms with Crippen molar-refractivity contribution < 1.29 is 14.3 Å². The van der Waals surface area contributed by atoms with Crippen LogP contribution in [0.15, 0.2) is 12.1 Å². The Morgan fingerprint density at radius 3 is 2.80 bits per heavy atom. The zero-order chi connectivity index (χ0) is 15.0. The number of amides is 1. The standard InChI is InChI=1S/C13H20ClN3O3/c1-4-15-11-6-5-10(14)12(17-11)13(18)16-7-9(20-3)8-19-2/h5-6,9H,4,7-8H2,1-3H3,(H,15,17)(H,16,18). The largest absolute Gasteiger partial charge is 0.382 e. The number of carbonyl (C=O) groups excluding carboxylic acids is 1. The Kier molecular flexibility index (Phi) is 7.28. The predicted octanol–water partition coefficient (Wildman–Crippen LogP) is 1.56. The van der Waals surface area contributed by atoms with E-state index in [4.69, 9.17) is 21.1 Å². The fraction of sp³-hybridized carbons (Fsp3) is 0.538. The number of methoxy groups -OCH3 is 2. The maximum atomic E-state index is 12.1. The molecule has 20 heavy (non-hydrogen) atoms. The Morgan fingerprint density at radius 2 is 2.20 bits per heavy atom. The van der Waals surface area contributed by atoms with Crippen LogP contribution in [0.25, 0.3) is 0 Å². The van der Waals surface area contributed by atoms with Crippen molar-refractivity contribution >= 4 is 23.3 Å². The number of hydrogen-bond donors (Lipinski definition) is 2. The third kappa shape index (κ3) is 4.96. The zero-order valence-corrected chi connectivity index (χ0v) is 12.7. The zero-order valence-electron chi connectivity index (χ0n) is 11.9. The van der Waals surface area contributed by atoms with Crippen LogP contribution in [0.4, 0.5) is 5.82 Å². The number of nitrogens with zero attached hydrogens (tertiary/aromatic N) is 1. The van der Waals surface area contributed by atoms with Gasteiger partial charge >= 0.3 is 0 Å². The summed E-state index contributed by atoms with van der Waals surface area (Å²) >= 11 is 5.99. The smallest absolute Gasteiger partial charge is 0.271 e. The molecule has 2 N–H and O–H groups in total. The third-order valence-corrected chi connectivity index (χ3v) is 2.90. The fourth-order valence-corrected chi connectivity index (χ4v) is 1.76. The van der Waals surface area contributed by atoms with Crippen LogP contribution in [0.1, 0.15) is 17.4 Å². The van der Waals surface area contributed by atoms with Gasteiger partial charge in [-0.25, -0.2) is 4.98 Å². The second-order valence-corrected chi connectivity index (χ2v) is 4.49. The van der Waals surface area contributed by atoms with E-state index in [1.807, 2.05) is 6.92 Å².